The first kappa shape index (κ1) is 22.3. The average Bonchev–Trinajstić information content (AvgIpc) is 3.06. The number of amides is 1. The summed E-state index contributed by atoms with van der Waals surface area (Å²) in [5, 5.41) is 14.2. The van der Waals surface area contributed by atoms with Gasteiger partial charge in [0.05, 0.1) is 6.61 Å². The fraction of sp³-hybridized carbons (Fsp3) is 0.440. The number of aliphatic carboxylic acids is 1. The van der Waals surface area contributed by atoms with Gasteiger partial charge in [0.25, 0.3) is 0 Å². The first-order valence-electron chi connectivity index (χ1n) is 11.0. The summed E-state index contributed by atoms with van der Waals surface area (Å²) in [6.45, 7) is 6.52. The Kier molecular flexibility index (Phi) is 5.97. The summed E-state index contributed by atoms with van der Waals surface area (Å²) in [5.41, 5.74) is 2.92. The van der Waals surface area contributed by atoms with Gasteiger partial charge in [-0.3, -0.25) is 4.84 Å². The molecule has 4 rings (SSSR count). The number of fused-ring (bicyclic) bond motifs is 3. The summed E-state index contributed by atoms with van der Waals surface area (Å²) in [4.78, 5) is 30.3. The van der Waals surface area contributed by atoms with E-state index in [1.807, 2.05) is 29.3 Å². The van der Waals surface area contributed by atoms with Gasteiger partial charge >= 0.3 is 12.1 Å². The molecular formula is C25H30N2O5. The van der Waals surface area contributed by atoms with E-state index in [-0.39, 0.29) is 18.8 Å². The van der Waals surface area contributed by atoms with Crippen LogP contribution in [0, 0.1) is 0 Å². The Bertz CT molecular complexity index is 960. The number of hydrogen-bond acceptors (Lipinski definition) is 5. The lowest BCUT2D eigenvalue weighted by molar-refractivity contribution is -0.185. The van der Waals surface area contributed by atoms with Crippen LogP contribution in [0.1, 0.15) is 50.7 Å². The highest BCUT2D eigenvalue weighted by Gasteiger charge is 2.44. The predicted molar refractivity (Wildman–Crippen MR) is 120 cm³/mol. The van der Waals surface area contributed by atoms with Gasteiger partial charge < -0.3 is 15.2 Å². The van der Waals surface area contributed by atoms with Gasteiger partial charge in [0.15, 0.2) is 0 Å². The van der Waals surface area contributed by atoms with Gasteiger partial charge in [-0.1, -0.05) is 48.5 Å². The van der Waals surface area contributed by atoms with Crippen LogP contribution in [0.3, 0.4) is 0 Å². The number of alkyl carbamates (subject to hydrolysis) is 1. The fourth-order valence-electron chi connectivity index (χ4n) is 4.51. The van der Waals surface area contributed by atoms with E-state index in [0.29, 0.717) is 19.7 Å². The molecule has 1 aliphatic carbocycles. The third-order valence-electron chi connectivity index (χ3n) is 6.11. The largest absolute Gasteiger partial charge is 0.480 e. The fourth-order valence-corrected chi connectivity index (χ4v) is 4.51. The Morgan fingerprint density at radius 2 is 1.56 bits per heavy atom. The molecule has 7 nitrogen and oxygen atoms in total. The van der Waals surface area contributed by atoms with Crippen LogP contribution < -0.4 is 5.32 Å². The van der Waals surface area contributed by atoms with Crippen LogP contribution in [0.15, 0.2) is 48.5 Å². The third kappa shape index (κ3) is 4.49. The number of hydroxylamine groups is 2. The number of benzene rings is 2. The molecule has 1 heterocycles. The van der Waals surface area contributed by atoms with Gasteiger partial charge in [0.1, 0.15) is 11.1 Å². The van der Waals surface area contributed by atoms with Crippen LogP contribution in [0.25, 0.3) is 11.1 Å². The van der Waals surface area contributed by atoms with Gasteiger partial charge in [-0.25, -0.2) is 9.59 Å². The van der Waals surface area contributed by atoms with Crippen LogP contribution >= 0.6 is 0 Å². The Labute approximate surface area is 188 Å². The summed E-state index contributed by atoms with van der Waals surface area (Å²) < 4.78 is 5.27. The Balaban J connectivity index is 1.39. The van der Waals surface area contributed by atoms with Crippen LogP contribution in [-0.4, -0.2) is 53.1 Å². The maximum atomic E-state index is 12.2. The lowest BCUT2D eigenvalue weighted by Gasteiger charge is -2.39. The molecule has 0 bridgehead atoms. The number of carbonyl (C=O) groups is 2. The number of carboxylic acids is 1. The smallest absolute Gasteiger partial charge is 0.408 e. The minimum absolute atomic E-state index is 0.133. The van der Waals surface area contributed by atoms with Crippen LogP contribution in [-0.2, 0) is 14.4 Å². The SMILES string of the molecule is CC(C)(C)OC(=O)NC1(C(=O)O)CCN(OCC2c3ccccc3-c3ccccc32)CC1. The zero-order valence-electron chi connectivity index (χ0n) is 18.8. The number of carboxylic acid groups (broad SMARTS) is 1. The molecule has 1 aliphatic heterocycles. The molecule has 2 aromatic carbocycles. The minimum atomic E-state index is -1.35. The number of carbonyl (C=O) groups excluding carboxylic acids is 1. The van der Waals surface area contributed by atoms with E-state index in [2.05, 4.69) is 29.6 Å². The molecule has 1 fully saturated rings. The Hall–Kier alpha value is -2.90. The monoisotopic (exact) mass is 438 g/mol. The van der Waals surface area contributed by atoms with Crippen molar-refractivity contribution < 1.29 is 24.3 Å². The second-order valence-corrected chi connectivity index (χ2v) is 9.47. The summed E-state index contributed by atoms with van der Waals surface area (Å²) in [6.07, 6.45) is -0.243. The minimum Gasteiger partial charge on any atom is -0.480 e. The number of rotatable bonds is 5. The highest BCUT2D eigenvalue weighted by atomic mass is 16.7. The molecule has 2 aromatic rings. The van der Waals surface area contributed by atoms with Crippen LogP contribution in [0.5, 0.6) is 0 Å². The summed E-state index contributed by atoms with van der Waals surface area (Å²) >= 11 is 0. The number of nitrogens with one attached hydrogen (secondary N) is 1. The maximum Gasteiger partial charge on any atom is 0.408 e. The van der Waals surface area contributed by atoms with Crippen molar-refractivity contribution in [3.05, 3.63) is 59.7 Å². The average molecular weight is 439 g/mol. The molecule has 0 spiro atoms. The standard InChI is InChI=1S/C25H30N2O5/c1-24(2,3)32-23(30)26-25(22(28)29)12-14-27(15-13-25)31-16-21-19-10-6-4-8-17(19)18-9-5-7-11-20(18)21/h4-11,21H,12-16H2,1-3H3,(H,26,30)(H,28,29). The normalized spacial score (nSPS) is 18.0. The highest BCUT2D eigenvalue weighted by Crippen LogP contribution is 2.44. The van der Waals surface area contributed by atoms with Gasteiger partial charge in [-0.15, -0.1) is 0 Å². The molecule has 0 atom stereocenters. The van der Waals surface area contributed by atoms with Crippen molar-refractivity contribution in [1.29, 1.82) is 0 Å². The van der Waals surface area contributed by atoms with Crippen molar-refractivity contribution in [3.63, 3.8) is 0 Å². The van der Waals surface area contributed by atoms with Crippen molar-refractivity contribution in [1.82, 2.24) is 10.4 Å². The van der Waals surface area contributed by atoms with E-state index in [0.717, 1.165) is 0 Å². The molecule has 32 heavy (non-hydrogen) atoms. The zero-order chi connectivity index (χ0) is 22.9. The predicted octanol–water partition coefficient (Wildman–Crippen LogP) is 4.17. The van der Waals surface area contributed by atoms with E-state index in [4.69, 9.17) is 9.57 Å². The zero-order valence-corrected chi connectivity index (χ0v) is 18.8. The van der Waals surface area contributed by atoms with Gasteiger partial charge in [0, 0.05) is 19.0 Å². The van der Waals surface area contributed by atoms with E-state index in [1.54, 1.807) is 20.8 Å². The lowest BCUT2D eigenvalue weighted by Crippen LogP contribution is -2.60. The quantitative estimate of drug-likeness (QED) is 0.728. The van der Waals surface area contributed by atoms with E-state index in [1.165, 1.54) is 22.3 Å². The number of ether oxygens (including phenoxy) is 1. The molecule has 2 aliphatic rings. The van der Waals surface area contributed by atoms with E-state index < -0.39 is 23.2 Å². The van der Waals surface area contributed by atoms with Crippen LogP contribution in [0.4, 0.5) is 4.79 Å². The topological polar surface area (TPSA) is 88.1 Å². The molecule has 170 valence electrons. The second-order valence-electron chi connectivity index (χ2n) is 9.47. The molecule has 0 unspecified atom stereocenters. The third-order valence-corrected chi connectivity index (χ3v) is 6.11. The summed E-state index contributed by atoms with van der Waals surface area (Å²) in [5.74, 6) is -0.921. The molecule has 0 radical (unpaired) electrons. The first-order chi connectivity index (χ1) is 15.2. The number of nitrogens with zero attached hydrogens (tertiary/aromatic N) is 1. The van der Waals surface area contributed by atoms with Gasteiger partial charge in [-0.05, 0) is 55.9 Å². The number of piperidine rings is 1. The first-order valence-corrected chi connectivity index (χ1v) is 11.0. The molecular weight excluding hydrogens is 408 g/mol. The van der Waals surface area contributed by atoms with Crippen molar-refractivity contribution >= 4 is 12.1 Å². The summed E-state index contributed by atoms with van der Waals surface area (Å²) in [7, 11) is 0. The molecule has 2 N–H and O–H groups in total. The van der Waals surface area contributed by atoms with Crippen molar-refractivity contribution in [2.45, 2.75) is 50.7 Å². The molecule has 0 aromatic heterocycles. The van der Waals surface area contributed by atoms with Gasteiger partial charge in [0.2, 0.25) is 0 Å². The molecule has 0 saturated carbocycles. The number of hydrogen-bond donors (Lipinski definition) is 2. The summed E-state index contributed by atoms with van der Waals surface area (Å²) in [6, 6.07) is 16.7. The van der Waals surface area contributed by atoms with Crippen molar-refractivity contribution in [3.8, 4) is 11.1 Å². The maximum absolute atomic E-state index is 12.2. The Morgan fingerprint density at radius 3 is 2.06 bits per heavy atom. The van der Waals surface area contributed by atoms with E-state index >= 15 is 0 Å². The second kappa shape index (κ2) is 8.56. The lowest BCUT2D eigenvalue weighted by atomic mass is 9.88. The van der Waals surface area contributed by atoms with Crippen LogP contribution in [0.2, 0.25) is 0 Å². The van der Waals surface area contributed by atoms with Crippen molar-refractivity contribution in [2.24, 2.45) is 0 Å². The molecule has 1 saturated heterocycles. The van der Waals surface area contributed by atoms with E-state index in [9.17, 15) is 14.7 Å². The van der Waals surface area contributed by atoms with Gasteiger partial charge in [-0.2, -0.15) is 5.06 Å². The highest BCUT2D eigenvalue weighted by molar-refractivity contribution is 5.84. The molecule has 7 heteroatoms. The molecule has 1 amide bonds. The van der Waals surface area contributed by atoms with Crippen molar-refractivity contribution in [2.75, 3.05) is 19.7 Å². The Morgan fingerprint density at radius 1 is 1.03 bits per heavy atom.